The van der Waals surface area contributed by atoms with Gasteiger partial charge in [0.05, 0.1) is 12.5 Å². The molecule has 1 aromatic carbocycles. The van der Waals surface area contributed by atoms with Gasteiger partial charge in [-0.05, 0) is 24.8 Å². The summed E-state index contributed by atoms with van der Waals surface area (Å²) in [5, 5.41) is 9.81. The van der Waals surface area contributed by atoms with Crippen LogP contribution in [0.25, 0.3) is 0 Å². The van der Waals surface area contributed by atoms with Crippen molar-refractivity contribution in [1.82, 2.24) is 4.90 Å². The van der Waals surface area contributed by atoms with Gasteiger partial charge in [0.1, 0.15) is 0 Å². The zero-order valence-corrected chi connectivity index (χ0v) is 11.1. The van der Waals surface area contributed by atoms with Crippen LogP contribution in [0.4, 0.5) is 0 Å². The second-order valence-electron chi connectivity index (χ2n) is 5.34. The molecule has 1 fully saturated rings. The SMILES string of the molecule is Cc1cccc(CC(=O)N2CCC(C)C(O)C2)c1. The van der Waals surface area contributed by atoms with Crippen LogP contribution in [0.15, 0.2) is 24.3 Å². The topological polar surface area (TPSA) is 40.5 Å². The Balaban J connectivity index is 1.96. The first kappa shape index (κ1) is 13.1. The number of piperidine rings is 1. The van der Waals surface area contributed by atoms with Crippen LogP contribution in [0.2, 0.25) is 0 Å². The fourth-order valence-electron chi connectivity index (χ4n) is 2.38. The lowest BCUT2D eigenvalue weighted by atomic mass is 9.95. The highest BCUT2D eigenvalue weighted by Gasteiger charge is 2.26. The van der Waals surface area contributed by atoms with Gasteiger partial charge in [0.2, 0.25) is 5.91 Å². The van der Waals surface area contributed by atoms with Gasteiger partial charge in [-0.15, -0.1) is 0 Å². The van der Waals surface area contributed by atoms with Crippen molar-refractivity contribution >= 4 is 5.91 Å². The number of hydrogen-bond acceptors (Lipinski definition) is 2. The summed E-state index contributed by atoms with van der Waals surface area (Å²) < 4.78 is 0. The smallest absolute Gasteiger partial charge is 0.227 e. The van der Waals surface area contributed by atoms with E-state index in [1.54, 1.807) is 4.90 Å². The zero-order chi connectivity index (χ0) is 13.1. The molecular weight excluding hydrogens is 226 g/mol. The molecule has 1 saturated heterocycles. The Hall–Kier alpha value is -1.35. The van der Waals surface area contributed by atoms with Crippen molar-refractivity contribution in [1.29, 1.82) is 0 Å². The van der Waals surface area contributed by atoms with Gasteiger partial charge in [0.15, 0.2) is 0 Å². The molecule has 3 heteroatoms. The molecule has 1 aliphatic rings. The summed E-state index contributed by atoms with van der Waals surface area (Å²) in [6, 6.07) is 8.03. The molecular formula is C15H21NO2. The van der Waals surface area contributed by atoms with Gasteiger partial charge in [0, 0.05) is 13.1 Å². The van der Waals surface area contributed by atoms with Crippen molar-refractivity contribution in [3.63, 3.8) is 0 Å². The molecule has 2 unspecified atom stereocenters. The van der Waals surface area contributed by atoms with Crippen LogP contribution in [0.3, 0.4) is 0 Å². The lowest BCUT2D eigenvalue weighted by Crippen LogP contribution is -2.46. The second-order valence-corrected chi connectivity index (χ2v) is 5.34. The average Bonchev–Trinajstić information content (AvgIpc) is 2.32. The van der Waals surface area contributed by atoms with E-state index in [0.717, 1.165) is 18.5 Å². The molecule has 1 N–H and O–H groups in total. The molecule has 0 spiro atoms. The predicted octanol–water partition coefficient (Wildman–Crippen LogP) is 1.77. The Morgan fingerprint density at radius 2 is 2.28 bits per heavy atom. The number of aliphatic hydroxyl groups excluding tert-OH is 1. The summed E-state index contributed by atoms with van der Waals surface area (Å²) in [5.74, 6) is 0.416. The van der Waals surface area contributed by atoms with Crippen molar-refractivity contribution in [3.8, 4) is 0 Å². The Kier molecular flexibility index (Phi) is 4.02. The van der Waals surface area contributed by atoms with Crippen molar-refractivity contribution in [3.05, 3.63) is 35.4 Å². The van der Waals surface area contributed by atoms with E-state index in [2.05, 4.69) is 0 Å². The molecule has 3 nitrogen and oxygen atoms in total. The predicted molar refractivity (Wildman–Crippen MR) is 71.3 cm³/mol. The fraction of sp³-hybridized carbons (Fsp3) is 0.533. The highest BCUT2D eigenvalue weighted by molar-refractivity contribution is 5.79. The highest BCUT2D eigenvalue weighted by Crippen LogP contribution is 2.18. The summed E-state index contributed by atoms with van der Waals surface area (Å²) in [4.78, 5) is 13.9. The normalized spacial score (nSPS) is 24.1. The summed E-state index contributed by atoms with van der Waals surface area (Å²) in [6.07, 6.45) is 0.948. The Bertz CT molecular complexity index is 430. The van der Waals surface area contributed by atoms with Crippen LogP contribution in [0, 0.1) is 12.8 Å². The Labute approximate surface area is 108 Å². The molecule has 0 saturated carbocycles. The second kappa shape index (κ2) is 5.53. The highest BCUT2D eigenvalue weighted by atomic mass is 16.3. The molecule has 98 valence electrons. The number of aryl methyl sites for hydroxylation is 1. The van der Waals surface area contributed by atoms with Gasteiger partial charge in [-0.2, -0.15) is 0 Å². The number of nitrogens with zero attached hydrogens (tertiary/aromatic N) is 1. The number of carbonyl (C=O) groups excluding carboxylic acids is 1. The number of hydrogen-bond donors (Lipinski definition) is 1. The third-order valence-corrected chi connectivity index (χ3v) is 3.71. The molecule has 1 amide bonds. The van der Waals surface area contributed by atoms with Gasteiger partial charge in [-0.3, -0.25) is 4.79 Å². The minimum absolute atomic E-state index is 0.117. The van der Waals surface area contributed by atoms with Crippen LogP contribution in [0.1, 0.15) is 24.5 Å². The molecule has 2 rings (SSSR count). The molecule has 1 aromatic rings. The molecule has 0 aromatic heterocycles. The molecule has 0 bridgehead atoms. The lowest BCUT2D eigenvalue weighted by molar-refractivity contribution is -0.134. The van der Waals surface area contributed by atoms with E-state index in [1.165, 1.54) is 5.56 Å². The third kappa shape index (κ3) is 3.10. The van der Waals surface area contributed by atoms with Crippen molar-refractivity contribution < 1.29 is 9.90 Å². The molecule has 0 aliphatic carbocycles. The first-order valence-electron chi connectivity index (χ1n) is 6.57. The van der Waals surface area contributed by atoms with E-state index in [0.29, 0.717) is 18.9 Å². The summed E-state index contributed by atoms with van der Waals surface area (Å²) in [6.45, 7) is 5.31. The minimum Gasteiger partial charge on any atom is -0.391 e. The van der Waals surface area contributed by atoms with E-state index in [4.69, 9.17) is 0 Å². The number of likely N-dealkylation sites (tertiary alicyclic amines) is 1. The van der Waals surface area contributed by atoms with Crippen molar-refractivity contribution in [2.24, 2.45) is 5.92 Å². The number of amides is 1. The van der Waals surface area contributed by atoms with Gasteiger partial charge in [0.25, 0.3) is 0 Å². The maximum atomic E-state index is 12.1. The maximum Gasteiger partial charge on any atom is 0.227 e. The van der Waals surface area contributed by atoms with Gasteiger partial charge >= 0.3 is 0 Å². The van der Waals surface area contributed by atoms with Gasteiger partial charge < -0.3 is 10.0 Å². The van der Waals surface area contributed by atoms with Crippen LogP contribution >= 0.6 is 0 Å². The Morgan fingerprint density at radius 3 is 2.94 bits per heavy atom. The average molecular weight is 247 g/mol. The fourth-order valence-corrected chi connectivity index (χ4v) is 2.38. The third-order valence-electron chi connectivity index (χ3n) is 3.71. The van der Waals surface area contributed by atoms with E-state index < -0.39 is 0 Å². The van der Waals surface area contributed by atoms with E-state index >= 15 is 0 Å². The Morgan fingerprint density at radius 1 is 1.50 bits per heavy atom. The standard InChI is InChI=1S/C15H21NO2/c1-11-4-3-5-13(8-11)9-15(18)16-7-6-12(2)14(17)10-16/h3-5,8,12,14,17H,6-7,9-10H2,1-2H3. The first-order valence-corrected chi connectivity index (χ1v) is 6.57. The van der Waals surface area contributed by atoms with Crippen LogP contribution in [-0.4, -0.2) is 35.1 Å². The number of β-amino-alcohol motifs (C(OH)–C–C–N with tert-alkyl or cyclic N) is 1. The van der Waals surface area contributed by atoms with E-state index in [-0.39, 0.29) is 12.0 Å². The minimum atomic E-state index is -0.375. The molecule has 18 heavy (non-hydrogen) atoms. The monoisotopic (exact) mass is 247 g/mol. The van der Waals surface area contributed by atoms with Crippen LogP contribution < -0.4 is 0 Å². The van der Waals surface area contributed by atoms with Crippen molar-refractivity contribution in [2.45, 2.75) is 32.8 Å². The van der Waals surface area contributed by atoms with Crippen LogP contribution in [0.5, 0.6) is 0 Å². The quantitative estimate of drug-likeness (QED) is 0.865. The molecule has 0 radical (unpaired) electrons. The van der Waals surface area contributed by atoms with E-state index in [9.17, 15) is 9.90 Å². The van der Waals surface area contributed by atoms with Gasteiger partial charge in [-0.25, -0.2) is 0 Å². The number of benzene rings is 1. The number of aliphatic hydroxyl groups is 1. The number of carbonyl (C=O) groups is 1. The lowest BCUT2D eigenvalue weighted by Gasteiger charge is -2.34. The zero-order valence-electron chi connectivity index (χ0n) is 11.1. The van der Waals surface area contributed by atoms with Gasteiger partial charge in [-0.1, -0.05) is 36.8 Å². The van der Waals surface area contributed by atoms with E-state index in [1.807, 2.05) is 38.1 Å². The summed E-state index contributed by atoms with van der Waals surface area (Å²) in [5.41, 5.74) is 2.22. The van der Waals surface area contributed by atoms with Crippen molar-refractivity contribution in [2.75, 3.05) is 13.1 Å². The first-order chi connectivity index (χ1) is 8.56. The molecule has 1 heterocycles. The summed E-state index contributed by atoms with van der Waals surface area (Å²) >= 11 is 0. The summed E-state index contributed by atoms with van der Waals surface area (Å²) in [7, 11) is 0. The number of rotatable bonds is 2. The molecule has 2 atom stereocenters. The molecule has 1 aliphatic heterocycles. The largest absolute Gasteiger partial charge is 0.391 e. The van der Waals surface area contributed by atoms with Crippen LogP contribution in [-0.2, 0) is 11.2 Å². The maximum absolute atomic E-state index is 12.1.